The van der Waals surface area contributed by atoms with Crippen LogP contribution in [0.2, 0.25) is 0 Å². The molecule has 0 aliphatic carbocycles. The summed E-state index contributed by atoms with van der Waals surface area (Å²) in [6.07, 6.45) is 0. The first-order valence-electron chi connectivity index (χ1n) is 9.02. The Hall–Kier alpha value is -2.93. The van der Waals surface area contributed by atoms with Crippen molar-refractivity contribution in [3.8, 4) is 17.1 Å². The fourth-order valence-electron chi connectivity index (χ4n) is 2.94. The number of benzene rings is 2. The number of nitrogens with zero attached hydrogens (tertiary/aromatic N) is 2. The van der Waals surface area contributed by atoms with Crippen molar-refractivity contribution < 1.29 is 9.53 Å². The molecule has 2 N–H and O–H groups in total. The minimum Gasteiger partial charge on any atom is -0.497 e. The minimum absolute atomic E-state index is 0.0988. The van der Waals surface area contributed by atoms with E-state index in [-0.39, 0.29) is 17.9 Å². The van der Waals surface area contributed by atoms with Gasteiger partial charge in [0.15, 0.2) is 10.6 Å². The standard InChI is InChI=1S/C21H24N4O2S/c1-21(2,16-7-5-4-6-8-16)14-22-18(26)13-25-19(23-24-20(25)28)15-9-11-17(27-3)12-10-15/h4-12H,13-14H2,1-3H3,(H,22,26)(H,24,28). The number of amides is 1. The molecule has 0 fully saturated rings. The molecule has 3 rings (SSSR count). The van der Waals surface area contributed by atoms with Crippen molar-refractivity contribution in [1.82, 2.24) is 20.1 Å². The molecule has 1 aromatic heterocycles. The van der Waals surface area contributed by atoms with Gasteiger partial charge in [-0.3, -0.25) is 14.5 Å². The number of rotatable bonds is 7. The highest BCUT2D eigenvalue weighted by Crippen LogP contribution is 2.22. The summed E-state index contributed by atoms with van der Waals surface area (Å²) >= 11 is 5.31. The predicted molar refractivity (Wildman–Crippen MR) is 112 cm³/mol. The van der Waals surface area contributed by atoms with Crippen LogP contribution in [-0.2, 0) is 16.8 Å². The van der Waals surface area contributed by atoms with Gasteiger partial charge in [-0.15, -0.1) is 0 Å². The number of H-pyrrole nitrogens is 1. The molecule has 0 unspecified atom stereocenters. The molecule has 0 atom stereocenters. The number of hydrogen-bond donors (Lipinski definition) is 2. The highest BCUT2D eigenvalue weighted by Gasteiger charge is 2.21. The Labute approximate surface area is 169 Å². The van der Waals surface area contributed by atoms with E-state index in [9.17, 15) is 4.79 Å². The summed E-state index contributed by atoms with van der Waals surface area (Å²) in [5, 5.41) is 10.1. The molecule has 6 nitrogen and oxygen atoms in total. The molecular weight excluding hydrogens is 372 g/mol. The van der Waals surface area contributed by atoms with Crippen LogP contribution in [0.3, 0.4) is 0 Å². The van der Waals surface area contributed by atoms with E-state index in [0.29, 0.717) is 17.1 Å². The molecule has 0 aliphatic heterocycles. The zero-order valence-corrected chi connectivity index (χ0v) is 17.0. The second-order valence-corrected chi connectivity index (χ2v) is 7.58. The summed E-state index contributed by atoms with van der Waals surface area (Å²) < 4.78 is 7.29. The Kier molecular flexibility index (Phi) is 5.94. The van der Waals surface area contributed by atoms with Crippen LogP contribution in [0.5, 0.6) is 5.75 Å². The molecule has 1 heterocycles. The highest BCUT2D eigenvalue weighted by molar-refractivity contribution is 7.71. The molecular formula is C21H24N4O2S. The van der Waals surface area contributed by atoms with Gasteiger partial charge in [0.05, 0.1) is 7.11 Å². The zero-order valence-electron chi connectivity index (χ0n) is 16.2. The van der Waals surface area contributed by atoms with E-state index in [1.807, 2.05) is 42.5 Å². The van der Waals surface area contributed by atoms with Crippen molar-refractivity contribution in [3.63, 3.8) is 0 Å². The maximum absolute atomic E-state index is 12.6. The Morgan fingerprint density at radius 3 is 2.50 bits per heavy atom. The topological polar surface area (TPSA) is 71.9 Å². The third-order valence-electron chi connectivity index (χ3n) is 4.69. The largest absolute Gasteiger partial charge is 0.497 e. The zero-order chi connectivity index (χ0) is 20.1. The van der Waals surface area contributed by atoms with Gasteiger partial charge in [-0.05, 0) is 42.0 Å². The van der Waals surface area contributed by atoms with E-state index >= 15 is 0 Å². The van der Waals surface area contributed by atoms with E-state index in [2.05, 4.69) is 41.5 Å². The van der Waals surface area contributed by atoms with Crippen LogP contribution in [-0.4, -0.2) is 34.3 Å². The van der Waals surface area contributed by atoms with Crippen LogP contribution in [0.4, 0.5) is 0 Å². The normalized spacial score (nSPS) is 11.2. The molecule has 0 spiro atoms. The first-order chi connectivity index (χ1) is 13.4. The third-order valence-corrected chi connectivity index (χ3v) is 5.00. The number of methoxy groups -OCH3 is 1. The van der Waals surface area contributed by atoms with E-state index in [1.165, 1.54) is 5.56 Å². The average molecular weight is 397 g/mol. The molecule has 7 heteroatoms. The third kappa shape index (κ3) is 4.48. The van der Waals surface area contributed by atoms with Gasteiger partial charge in [0.25, 0.3) is 0 Å². The van der Waals surface area contributed by atoms with Crippen molar-refractivity contribution in [3.05, 3.63) is 64.9 Å². The Morgan fingerprint density at radius 2 is 1.86 bits per heavy atom. The van der Waals surface area contributed by atoms with Crippen molar-refractivity contribution in [2.75, 3.05) is 13.7 Å². The molecule has 0 saturated heterocycles. The quantitative estimate of drug-likeness (QED) is 0.597. The molecule has 0 bridgehead atoms. The molecule has 2 aromatic carbocycles. The fourth-order valence-corrected chi connectivity index (χ4v) is 3.13. The molecule has 28 heavy (non-hydrogen) atoms. The Bertz CT molecular complexity index is 991. The number of nitrogens with one attached hydrogen (secondary N) is 2. The maximum atomic E-state index is 12.6. The monoisotopic (exact) mass is 396 g/mol. The number of carbonyl (C=O) groups excluding carboxylic acids is 1. The van der Waals surface area contributed by atoms with Crippen molar-refractivity contribution >= 4 is 18.1 Å². The summed E-state index contributed by atoms with van der Waals surface area (Å²) in [7, 11) is 1.62. The van der Waals surface area contributed by atoms with Crippen molar-refractivity contribution in [1.29, 1.82) is 0 Å². The SMILES string of the molecule is COc1ccc(-c2n[nH]c(=S)n2CC(=O)NCC(C)(C)c2ccccc2)cc1. The second-order valence-electron chi connectivity index (χ2n) is 7.19. The first-order valence-corrected chi connectivity index (χ1v) is 9.43. The second kappa shape index (κ2) is 8.39. The molecule has 146 valence electrons. The first kappa shape index (κ1) is 19.8. The molecule has 1 amide bonds. The summed E-state index contributed by atoms with van der Waals surface area (Å²) in [5.41, 5.74) is 1.85. The van der Waals surface area contributed by atoms with Gasteiger partial charge in [-0.2, -0.15) is 5.10 Å². The summed E-state index contributed by atoms with van der Waals surface area (Å²) in [6, 6.07) is 17.6. The van der Waals surface area contributed by atoms with Crippen molar-refractivity contribution in [2.45, 2.75) is 25.8 Å². The lowest BCUT2D eigenvalue weighted by molar-refractivity contribution is -0.121. The number of carbonyl (C=O) groups is 1. The van der Waals surface area contributed by atoms with E-state index in [4.69, 9.17) is 17.0 Å². The van der Waals surface area contributed by atoms with Gasteiger partial charge >= 0.3 is 0 Å². The molecule has 3 aromatic rings. The minimum atomic E-state index is -0.173. The van der Waals surface area contributed by atoms with E-state index in [0.717, 1.165) is 11.3 Å². The van der Waals surface area contributed by atoms with Crippen LogP contribution < -0.4 is 10.1 Å². The lowest BCUT2D eigenvalue weighted by Crippen LogP contribution is -2.38. The average Bonchev–Trinajstić information content (AvgIpc) is 3.07. The van der Waals surface area contributed by atoms with E-state index in [1.54, 1.807) is 11.7 Å². The summed E-state index contributed by atoms with van der Waals surface area (Å²) in [5.74, 6) is 1.26. The van der Waals surface area contributed by atoms with E-state index < -0.39 is 0 Å². The van der Waals surface area contributed by atoms with Gasteiger partial charge < -0.3 is 10.1 Å². The predicted octanol–water partition coefficient (Wildman–Crippen LogP) is 3.71. The lowest BCUT2D eigenvalue weighted by atomic mass is 9.84. The lowest BCUT2D eigenvalue weighted by Gasteiger charge is -2.25. The summed E-state index contributed by atoms with van der Waals surface area (Å²) in [4.78, 5) is 12.6. The number of hydrogen-bond acceptors (Lipinski definition) is 4. The number of aromatic nitrogens is 3. The van der Waals surface area contributed by atoms with Crippen LogP contribution in [0.15, 0.2) is 54.6 Å². The van der Waals surface area contributed by atoms with Gasteiger partial charge in [-0.1, -0.05) is 44.2 Å². The van der Waals surface area contributed by atoms with Gasteiger partial charge in [0, 0.05) is 17.5 Å². The van der Waals surface area contributed by atoms with Gasteiger partial charge in [0.2, 0.25) is 5.91 Å². The smallest absolute Gasteiger partial charge is 0.240 e. The van der Waals surface area contributed by atoms with Gasteiger partial charge in [0.1, 0.15) is 12.3 Å². The maximum Gasteiger partial charge on any atom is 0.240 e. The van der Waals surface area contributed by atoms with Crippen LogP contribution in [0, 0.1) is 4.77 Å². The Morgan fingerprint density at radius 1 is 1.18 bits per heavy atom. The molecule has 0 radical (unpaired) electrons. The van der Waals surface area contributed by atoms with Gasteiger partial charge in [-0.25, -0.2) is 0 Å². The fraction of sp³-hybridized carbons (Fsp3) is 0.286. The number of aromatic amines is 1. The molecule has 0 aliphatic rings. The highest BCUT2D eigenvalue weighted by atomic mass is 32.1. The van der Waals surface area contributed by atoms with Crippen LogP contribution in [0.1, 0.15) is 19.4 Å². The van der Waals surface area contributed by atoms with Crippen molar-refractivity contribution in [2.24, 2.45) is 0 Å². The summed E-state index contributed by atoms with van der Waals surface area (Å²) in [6.45, 7) is 4.84. The Balaban J connectivity index is 1.71. The number of ether oxygens (including phenoxy) is 1. The molecule has 0 saturated carbocycles. The van der Waals surface area contributed by atoms with Crippen LogP contribution >= 0.6 is 12.2 Å². The van der Waals surface area contributed by atoms with Crippen LogP contribution in [0.25, 0.3) is 11.4 Å².